The molecule has 0 bridgehead atoms. The fourth-order valence-electron chi connectivity index (χ4n) is 3.18. The predicted octanol–water partition coefficient (Wildman–Crippen LogP) is 3.44. The first-order valence-electron chi connectivity index (χ1n) is 7.86. The van der Waals surface area contributed by atoms with E-state index < -0.39 is 11.7 Å². The van der Waals surface area contributed by atoms with Crippen LogP contribution in [-0.4, -0.2) is 36.1 Å². The van der Waals surface area contributed by atoms with E-state index in [1.165, 1.54) is 12.1 Å². The van der Waals surface area contributed by atoms with Gasteiger partial charge in [-0.15, -0.1) is 0 Å². The molecule has 126 valence electrons. The van der Waals surface area contributed by atoms with Crippen LogP contribution in [0.3, 0.4) is 0 Å². The number of nitrogens with zero attached hydrogens (tertiary/aromatic N) is 1. The molecule has 2 aliphatic rings. The van der Waals surface area contributed by atoms with Crippen LogP contribution in [0.5, 0.6) is 0 Å². The molecular weight excluding hydrogens is 307 g/mol. The number of halogens is 3. The second-order valence-corrected chi connectivity index (χ2v) is 6.55. The minimum Gasteiger partial charge on any atom is -0.375 e. The zero-order valence-corrected chi connectivity index (χ0v) is 13.1. The molecule has 1 aromatic carbocycles. The van der Waals surface area contributed by atoms with Crippen LogP contribution in [0.1, 0.15) is 37.3 Å². The molecule has 0 N–H and O–H groups in total. The molecule has 1 aliphatic carbocycles. The van der Waals surface area contributed by atoms with Crippen molar-refractivity contribution < 1.29 is 22.7 Å². The molecule has 1 aromatic rings. The van der Waals surface area contributed by atoms with Gasteiger partial charge in [-0.3, -0.25) is 4.79 Å². The number of hydrogen-bond donors (Lipinski definition) is 0. The average molecular weight is 327 g/mol. The van der Waals surface area contributed by atoms with Gasteiger partial charge in [0.1, 0.15) is 0 Å². The Bertz CT molecular complexity index is 584. The Morgan fingerprint density at radius 2 is 1.87 bits per heavy atom. The molecule has 4 atom stereocenters. The summed E-state index contributed by atoms with van der Waals surface area (Å²) in [7, 11) is 0. The topological polar surface area (TPSA) is 29.5 Å². The van der Waals surface area contributed by atoms with Gasteiger partial charge in [0.05, 0.1) is 24.3 Å². The number of carbonyl (C=O) groups is 1. The number of hydrogen-bond acceptors (Lipinski definition) is 2. The van der Waals surface area contributed by atoms with Crippen molar-refractivity contribution in [3.8, 4) is 0 Å². The van der Waals surface area contributed by atoms with E-state index in [0.29, 0.717) is 19.6 Å². The molecule has 1 aliphatic heterocycles. The van der Waals surface area contributed by atoms with Crippen LogP contribution in [0.25, 0.3) is 0 Å². The Morgan fingerprint density at radius 1 is 1.22 bits per heavy atom. The van der Waals surface area contributed by atoms with Gasteiger partial charge in [0.25, 0.3) is 0 Å². The van der Waals surface area contributed by atoms with E-state index in [-0.39, 0.29) is 29.9 Å². The quantitative estimate of drug-likeness (QED) is 0.833. The zero-order chi connectivity index (χ0) is 16.8. The highest BCUT2D eigenvalue weighted by molar-refractivity contribution is 5.83. The third-order valence-electron chi connectivity index (χ3n) is 4.66. The van der Waals surface area contributed by atoms with E-state index in [1.807, 2.05) is 18.7 Å². The van der Waals surface area contributed by atoms with Gasteiger partial charge in [-0.1, -0.05) is 12.1 Å². The molecule has 6 heteroatoms. The number of carbonyl (C=O) groups excluding carboxylic acids is 1. The summed E-state index contributed by atoms with van der Waals surface area (Å²) in [6, 6.07) is 5.22. The van der Waals surface area contributed by atoms with Gasteiger partial charge in [0.15, 0.2) is 0 Å². The van der Waals surface area contributed by atoms with Crippen LogP contribution >= 0.6 is 0 Å². The highest BCUT2D eigenvalue weighted by Crippen LogP contribution is 2.49. The summed E-state index contributed by atoms with van der Waals surface area (Å²) in [5.74, 6) is 0.0205. The third kappa shape index (κ3) is 3.37. The van der Waals surface area contributed by atoms with Gasteiger partial charge in [0.2, 0.25) is 5.91 Å². The highest BCUT2D eigenvalue weighted by atomic mass is 19.4. The first-order valence-corrected chi connectivity index (χ1v) is 7.86. The third-order valence-corrected chi connectivity index (χ3v) is 4.66. The molecule has 3 nitrogen and oxygen atoms in total. The van der Waals surface area contributed by atoms with Crippen LogP contribution < -0.4 is 0 Å². The predicted molar refractivity (Wildman–Crippen MR) is 78.9 cm³/mol. The summed E-state index contributed by atoms with van der Waals surface area (Å²) in [5, 5.41) is 0. The Labute approximate surface area is 133 Å². The smallest absolute Gasteiger partial charge is 0.375 e. The first-order chi connectivity index (χ1) is 10.8. The van der Waals surface area contributed by atoms with E-state index in [4.69, 9.17) is 4.74 Å². The van der Waals surface area contributed by atoms with Crippen molar-refractivity contribution in [2.24, 2.45) is 5.92 Å². The van der Waals surface area contributed by atoms with E-state index in [0.717, 1.165) is 17.7 Å². The lowest BCUT2D eigenvalue weighted by Crippen LogP contribution is -2.50. The summed E-state index contributed by atoms with van der Waals surface area (Å²) in [4.78, 5) is 14.5. The highest BCUT2D eigenvalue weighted by Gasteiger charge is 2.47. The Morgan fingerprint density at radius 3 is 2.48 bits per heavy atom. The van der Waals surface area contributed by atoms with Crippen molar-refractivity contribution >= 4 is 5.91 Å². The van der Waals surface area contributed by atoms with Gasteiger partial charge in [0, 0.05) is 12.5 Å². The van der Waals surface area contributed by atoms with Gasteiger partial charge in [-0.2, -0.15) is 13.2 Å². The van der Waals surface area contributed by atoms with Crippen molar-refractivity contribution in [1.29, 1.82) is 0 Å². The number of ether oxygens (including phenoxy) is 1. The first kappa shape index (κ1) is 16.3. The maximum absolute atomic E-state index is 12.6. The Kier molecular flexibility index (Phi) is 4.12. The van der Waals surface area contributed by atoms with E-state index in [1.54, 1.807) is 0 Å². The summed E-state index contributed by atoms with van der Waals surface area (Å²) >= 11 is 0. The monoisotopic (exact) mass is 327 g/mol. The molecule has 23 heavy (non-hydrogen) atoms. The average Bonchev–Trinajstić information content (AvgIpc) is 3.29. The van der Waals surface area contributed by atoms with Gasteiger partial charge >= 0.3 is 6.18 Å². The minimum atomic E-state index is -4.32. The second kappa shape index (κ2) is 5.82. The second-order valence-electron chi connectivity index (χ2n) is 6.55. The largest absolute Gasteiger partial charge is 0.416 e. The summed E-state index contributed by atoms with van der Waals surface area (Å²) in [6.07, 6.45) is -3.59. The molecule has 1 amide bonds. The lowest BCUT2D eigenvalue weighted by atomic mass is 10.1. The molecule has 0 spiro atoms. The van der Waals surface area contributed by atoms with Crippen LogP contribution in [0.2, 0.25) is 0 Å². The van der Waals surface area contributed by atoms with Crippen molar-refractivity contribution in [3.05, 3.63) is 35.4 Å². The molecule has 1 saturated heterocycles. The van der Waals surface area contributed by atoms with E-state index in [2.05, 4.69) is 0 Å². The number of alkyl halides is 3. The van der Waals surface area contributed by atoms with Crippen molar-refractivity contribution in [3.63, 3.8) is 0 Å². The summed E-state index contributed by atoms with van der Waals surface area (Å²) in [6.45, 7) is 5.01. The SMILES string of the molecule is CC1CN(C(=O)C2CC2c2ccc(C(F)(F)F)cc2)C(C)CO1. The summed E-state index contributed by atoms with van der Waals surface area (Å²) < 4.78 is 43.3. The maximum Gasteiger partial charge on any atom is 0.416 e. The van der Waals surface area contributed by atoms with Crippen LogP contribution in [-0.2, 0) is 15.7 Å². The standard InChI is InChI=1S/C17H20F3NO2/c1-10-9-23-11(2)8-21(10)16(22)15-7-14(15)12-3-5-13(6-4-12)17(18,19)20/h3-6,10-11,14-15H,7-9H2,1-2H3. The Hall–Kier alpha value is -1.56. The molecular formula is C17H20F3NO2. The van der Waals surface area contributed by atoms with Crippen LogP contribution in [0.15, 0.2) is 24.3 Å². The van der Waals surface area contributed by atoms with Gasteiger partial charge < -0.3 is 9.64 Å². The summed E-state index contributed by atoms with van der Waals surface area (Å²) in [5.41, 5.74) is 0.158. The normalized spacial score (nSPS) is 31.1. The minimum absolute atomic E-state index is 0.0263. The van der Waals surface area contributed by atoms with Gasteiger partial charge in [-0.05, 0) is 43.9 Å². The molecule has 0 aromatic heterocycles. The fraction of sp³-hybridized carbons (Fsp3) is 0.588. The number of morpholine rings is 1. The van der Waals surface area contributed by atoms with Gasteiger partial charge in [-0.25, -0.2) is 0 Å². The Balaban J connectivity index is 1.66. The molecule has 1 heterocycles. The van der Waals surface area contributed by atoms with Crippen LogP contribution in [0, 0.1) is 5.92 Å². The molecule has 2 fully saturated rings. The fourth-order valence-corrected chi connectivity index (χ4v) is 3.18. The lowest BCUT2D eigenvalue weighted by Gasteiger charge is -2.37. The molecule has 0 radical (unpaired) electrons. The van der Waals surface area contributed by atoms with Crippen LogP contribution in [0.4, 0.5) is 13.2 Å². The van der Waals surface area contributed by atoms with E-state index in [9.17, 15) is 18.0 Å². The number of rotatable bonds is 2. The van der Waals surface area contributed by atoms with E-state index >= 15 is 0 Å². The van der Waals surface area contributed by atoms with Crippen molar-refractivity contribution in [1.82, 2.24) is 4.90 Å². The zero-order valence-electron chi connectivity index (χ0n) is 13.1. The van der Waals surface area contributed by atoms with Crippen molar-refractivity contribution in [2.75, 3.05) is 13.2 Å². The number of benzene rings is 1. The maximum atomic E-state index is 12.6. The number of amides is 1. The van der Waals surface area contributed by atoms with Crippen molar-refractivity contribution in [2.45, 2.75) is 44.5 Å². The molecule has 4 unspecified atom stereocenters. The lowest BCUT2D eigenvalue weighted by molar-refractivity contribution is -0.144. The molecule has 3 rings (SSSR count). The molecule has 1 saturated carbocycles.